The molecule has 18 heavy (non-hydrogen) atoms. The van der Waals surface area contributed by atoms with Crippen LogP contribution in [0, 0.1) is 0 Å². The Balaban J connectivity index is 1.82. The number of amides is 1. The Morgan fingerprint density at radius 3 is 2.61 bits per heavy atom. The molecule has 1 fully saturated rings. The van der Waals surface area contributed by atoms with Crippen LogP contribution in [0.1, 0.15) is 0 Å². The zero-order valence-corrected chi connectivity index (χ0v) is 11.3. The largest absolute Gasteiger partial charge is 0.379 e. The van der Waals surface area contributed by atoms with Gasteiger partial charge in [0.1, 0.15) is 0 Å². The van der Waals surface area contributed by atoms with Crippen LogP contribution in [0.2, 0.25) is 0 Å². The summed E-state index contributed by atoms with van der Waals surface area (Å²) in [5.74, 6) is 0.0359. The highest BCUT2D eigenvalue weighted by Crippen LogP contribution is 2.17. The van der Waals surface area contributed by atoms with Crippen molar-refractivity contribution in [2.45, 2.75) is 4.90 Å². The van der Waals surface area contributed by atoms with Gasteiger partial charge in [-0.25, -0.2) is 0 Å². The van der Waals surface area contributed by atoms with Crippen molar-refractivity contribution < 1.29 is 9.53 Å². The zero-order valence-electron chi connectivity index (χ0n) is 10.5. The van der Waals surface area contributed by atoms with Crippen LogP contribution >= 0.6 is 11.8 Å². The molecule has 0 atom stereocenters. The molecular weight excluding hydrogens is 248 g/mol. The summed E-state index contributed by atoms with van der Waals surface area (Å²) in [5.41, 5.74) is 0.853. The van der Waals surface area contributed by atoms with Gasteiger partial charge in [-0.15, -0.1) is 11.8 Å². The van der Waals surface area contributed by atoms with Crippen LogP contribution in [0.3, 0.4) is 0 Å². The molecule has 1 saturated heterocycles. The smallest absolute Gasteiger partial charge is 0.238 e. The van der Waals surface area contributed by atoms with E-state index in [2.05, 4.69) is 10.2 Å². The van der Waals surface area contributed by atoms with E-state index in [0.29, 0.717) is 6.54 Å². The van der Waals surface area contributed by atoms with Gasteiger partial charge in [-0.05, 0) is 30.5 Å². The number of ether oxygens (including phenoxy) is 1. The molecule has 1 amide bonds. The van der Waals surface area contributed by atoms with Crippen LogP contribution in [-0.2, 0) is 9.53 Å². The predicted octanol–water partition coefficient (Wildman–Crippen LogP) is 1.68. The highest BCUT2D eigenvalue weighted by atomic mass is 32.2. The number of hydrogen-bond donors (Lipinski definition) is 1. The number of benzene rings is 1. The Bertz CT molecular complexity index is 388. The summed E-state index contributed by atoms with van der Waals surface area (Å²) in [7, 11) is 0. The summed E-state index contributed by atoms with van der Waals surface area (Å²) in [6.07, 6.45) is 2.03. The number of rotatable bonds is 4. The average Bonchev–Trinajstić information content (AvgIpc) is 2.40. The number of carbonyl (C=O) groups is 1. The number of nitrogens with zero attached hydrogens (tertiary/aromatic N) is 1. The fourth-order valence-corrected chi connectivity index (χ4v) is 2.25. The first-order chi connectivity index (χ1) is 8.78. The Hall–Kier alpha value is -1.04. The summed E-state index contributed by atoms with van der Waals surface area (Å²) in [6, 6.07) is 7.89. The molecule has 1 N–H and O–H groups in total. The topological polar surface area (TPSA) is 41.6 Å². The lowest BCUT2D eigenvalue weighted by atomic mass is 10.3. The molecule has 1 aliphatic heterocycles. The first kappa shape index (κ1) is 13.4. The lowest BCUT2D eigenvalue weighted by Crippen LogP contribution is -2.41. The van der Waals surface area contributed by atoms with Crippen molar-refractivity contribution in [3.63, 3.8) is 0 Å². The summed E-state index contributed by atoms with van der Waals surface area (Å²) in [4.78, 5) is 15.1. The molecule has 0 spiro atoms. The van der Waals surface area contributed by atoms with Crippen LogP contribution in [0.5, 0.6) is 0 Å². The van der Waals surface area contributed by atoms with E-state index in [1.807, 2.05) is 30.5 Å². The molecule has 1 heterocycles. The SMILES string of the molecule is CSc1ccc(NC(=O)CN2CCOCC2)cc1. The third-order valence-electron chi connectivity index (χ3n) is 2.84. The molecule has 5 heteroatoms. The molecule has 0 unspecified atom stereocenters. The molecule has 0 aromatic heterocycles. The number of hydrogen-bond acceptors (Lipinski definition) is 4. The van der Waals surface area contributed by atoms with Crippen LogP contribution in [0.15, 0.2) is 29.2 Å². The molecule has 1 aromatic carbocycles. The van der Waals surface area contributed by atoms with Gasteiger partial charge < -0.3 is 10.1 Å². The average molecular weight is 266 g/mol. The molecule has 1 aliphatic rings. The number of anilines is 1. The maximum atomic E-state index is 11.8. The number of thioether (sulfide) groups is 1. The molecule has 4 nitrogen and oxygen atoms in total. The van der Waals surface area contributed by atoms with Crippen LogP contribution in [-0.4, -0.2) is 49.9 Å². The lowest BCUT2D eigenvalue weighted by Gasteiger charge is -2.25. The highest BCUT2D eigenvalue weighted by Gasteiger charge is 2.13. The van der Waals surface area contributed by atoms with Crippen molar-refractivity contribution >= 4 is 23.4 Å². The van der Waals surface area contributed by atoms with E-state index < -0.39 is 0 Å². The van der Waals surface area contributed by atoms with E-state index >= 15 is 0 Å². The second-order valence-electron chi connectivity index (χ2n) is 4.17. The maximum Gasteiger partial charge on any atom is 0.238 e. The predicted molar refractivity (Wildman–Crippen MR) is 74.1 cm³/mol. The minimum absolute atomic E-state index is 0.0359. The van der Waals surface area contributed by atoms with Gasteiger partial charge in [0.05, 0.1) is 19.8 Å². The molecule has 0 radical (unpaired) electrons. The van der Waals surface area contributed by atoms with Gasteiger partial charge in [-0.2, -0.15) is 0 Å². The van der Waals surface area contributed by atoms with E-state index in [-0.39, 0.29) is 5.91 Å². The first-order valence-corrected chi connectivity index (χ1v) is 7.24. The van der Waals surface area contributed by atoms with Crippen LogP contribution in [0.25, 0.3) is 0 Å². The summed E-state index contributed by atoms with van der Waals surface area (Å²) in [5, 5.41) is 2.91. The first-order valence-electron chi connectivity index (χ1n) is 6.02. The molecule has 0 aliphatic carbocycles. The third kappa shape index (κ3) is 4.01. The van der Waals surface area contributed by atoms with Crippen molar-refractivity contribution in [1.82, 2.24) is 4.90 Å². The number of nitrogens with one attached hydrogen (secondary N) is 1. The highest BCUT2D eigenvalue weighted by molar-refractivity contribution is 7.98. The van der Waals surface area contributed by atoms with Gasteiger partial charge in [0, 0.05) is 23.7 Å². The van der Waals surface area contributed by atoms with Gasteiger partial charge in [0.25, 0.3) is 0 Å². The Morgan fingerprint density at radius 1 is 1.33 bits per heavy atom. The maximum absolute atomic E-state index is 11.8. The van der Waals surface area contributed by atoms with Crippen molar-refractivity contribution in [2.24, 2.45) is 0 Å². The van der Waals surface area contributed by atoms with E-state index in [1.165, 1.54) is 4.90 Å². The van der Waals surface area contributed by atoms with E-state index in [4.69, 9.17) is 4.74 Å². The minimum atomic E-state index is 0.0359. The fourth-order valence-electron chi connectivity index (χ4n) is 1.84. The van der Waals surface area contributed by atoms with Crippen LogP contribution in [0.4, 0.5) is 5.69 Å². The summed E-state index contributed by atoms with van der Waals surface area (Å²) >= 11 is 1.69. The van der Waals surface area contributed by atoms with Gasteiger partial charge in [-0.1, -0.05) is 0 Å². The molecule has 98 valence electrons. The zero-order chi connectivity index (χ0) is 12.8. The summed E-state index contributed by atoms with van der Waals surface area (Å²) in [6.45, 7) is 3.54. The standard InChI is InChI=1S/C13H18N2O2S/c1-18-12-4-2-11(3-5-12)14-13(16)10-15-6-8-17-9-7-15/h2-5H,6-10H2,1H3,(H,14,16). The monoisotopic (exact) mass is 266 g/mol. The third-order valence-corrected chi connectivity index (χ3v) is 3.59. The minimum Gasteiger partial charge on any atom is -0.379 e. The van der Waals surface area contributed by atoms with Crippen molar-refractivity contribution in [3.05, 3.63) is 24.3 Å². The second-order valence-corrected chi connectivity index (χ2v) is 5.04. The van der Waals surface area contributed by atoms with Crippen molar-refractivity contribution in [1.29, 1.82) is 0 Å². The van der Waals surface area contributed by atoms with Crippen LogP contribution < -0.4 is 5.32 Å². The molecular formula is C13H18N2O2S. The quantitative estimate of drug-likeness (QED) is 0.842. The van der Waals surface area contributed by atoms with E-state index in [9.17, 15) is 4.79 Å². The fraction of sp³-hybridized carbons (Fsp3) is 0.462. The van der Waals surface area contributed by atoms with Gasteiger partial charge in [0.15, 0.2) is 0 Å². The Morgan fingerprint density at radius 2 is 2.00 bits per heavy atom. The normalized spacial score (nSPS) is 16.5. The van der Waals surface area contributed by atoms with Crippen molar-refractivity contribution in [3.8, 4) is 0 Å². The summed E-state index contributed by atoms with van der Waals surface area (Å²) < 4.78 is 5.25. The molecule has 1 aromatic rings. The second kappa shape index (κ2) is 6.78. The van der Waals surface area contributed by atoms with Gasteiger partial charge in [0.2, 0.25) is 5.91 Å². The Kier molecular flexibility index (Phi) is 5.04. The van der Waals surface area contributed by atoms with Gasteiger partial charge >= 0.3 is 0 Å². The Labute approximate surface area is 112 Å². The van der Waals surface area contributed by atoms with Crippen molar-refractivity contribution in [2.75, 3.05) is 44.4 Å². The number of morpholine rings is 1. The van der Waals surface area contributed by atoms with Gasteiger partial charge in [-0.3, -0.25) is 9.69 Å². The molecule has 0 bridgehead atoms. The number of carbonyl (C=O) groups excluding carboxylic acids is 1. The molecule has 0 saturated carbocycles. The lowest BCUT2D eigenvalue weighted by molar-refractivity contribution is -0.118. The van der Waals surface area contributed by atoms with E-state index in [1.54, 1.807) is 11.8 Å². The molecule has 2 rings (SSSR count). The van der Waals surface area contributed by atoms with E-state index in [0.717, 1.165) is 32.0 Å².